The first-order valence-electron chi connectivity index (χ1n) is 12.7. The maximum absolute atomic E-state index is 11.6. The second kappa shape index (κ2) is 7.39. The lowest BCUT2D eigenvalue weighted by atomic mass is 9.50. The minimum atomic E-state index is -0.497. The molecule has 2 aliphatic carbocycles. The summed E-state index contributed by atoms with van der Waals surface area (Å²) in [5.74, 6) is 1.48. The highest BCUT2D eigenvalue weighted by molar-refractivity contribution is 6.07. The minimum Gasteiger partial charge on any atom is -0.507 e. The normalized spacial score (nSPS) is 15.6. The van der Waals surface area contributed by atoms with E-state index in [1.54, 1.807) is 14.2 Å². The Morgan fingerprint density at radius 2 is 1.05 bits per heavy atom. The van der Waals surface area contributed by atoms with Crippen molar-refractivity contribution in [3.05, 3.63) is 113 Å². The van der Waals surface area contributed by atoms with Crippen LogP contribution in [-0.2, 0) is 10.8 Å². The van der Waals surface area contributed by atoms with Gasteiger partial charge in [-0.3, -0.25) is 0 Å². The fourth-order valence-corrected chi connectivity index (χ4v) is 7.30. The van der Waals surface area contributed by atoms with Crippen molar-refractivity contribution < 1.29 is 14.6 Å². The highest BCUT2D eigenvalue weighted by Crippen LogP contribution is 2.67. The van der Waals surface area contributed by atoms with Crippen molar-refractivity contribution in [2.24, 2.45) is 0 Å². The number of rotatable bonds is 2. The van der Waals surface area contributed by atoms with Crippen LogP contribution in [0.3, 0.4) is 0 Å². The third kappa shape index (κ3) is 2.51. The lowest BCUT2D eigenvalue weighted by molar-refractivity contribution is 0.355. The van der Waals surface area contributed by atoms with Crippen molar-refractivity contribution in [3.63, 3.8) is 0 Å². The molecule has 0 bridgehead atoms. The molecule has 7 rings (SSSR count). The van der Waals surface area contributed by atoms with Crippen LogP contribution in [0.15, 0.2) is 91.0 Å². The van der Waals surface area contributed by atoms with Gasteiger partial charge in [-0.25, -0.2) is 0 Å². The van der Waals surface area contributed by atoms with Crippen LogP contribution in [0.1, 0.15) is 36.1 Å². The Balaban J connectivity index is 1.75. The van der Waals surface area contributed by atoms with Crippen LogP contribution in [-0.4, -0.2) is 19.3 Å². The molecule has 0 unspecified atom stereocenters. The van der Waals surface area contributed by atoms with Crippen LogP contribution < -0.4 is 9.47 Å². The third-order valence-electron chi connectivity index (χ3n) is 8.78. The molecule has 3 heteroatoms. The summed E-state index contributed by atoms with van der Waals surface area (Å²) < 4.78 is 11.3. The SMILES string of the molecule is COc1cc2c(O)cc3c(c2cc1OC)-c1ccccc1C(C)(C)C31c2ccccc2-c2ccccc21. The first-order chi connectivity index (χ1) is 17.9. The average Bonchev–Trinajstić information content (AvgIpc) is 3.23. The number of benzene rings is 5. The van der Waals surface area contributed by atoms with Gasteiger partial charge >= 0.3 is 0 Å². The van der Waals surface area contributed by atoms with E-state index in [1.807, 2.05) is 18.2 Å². The summed E-state index contributed by atoms with van der Waals surface area (Å²) in [6.45, 7) is 4.70. The van der Waals surface area contributed by atoms with Gasteiger partial charge in [0.25, 0.3) is 0 Å². The summed E-state index contributed by atoms with van der Waals surface area (Å²) in [5.41, 5.74) is 8.97. The van der Waals surface area contributed by atoms with Crippen molar-refractivity contribution in [2.75, 3.05) is 14.2 Å². The fraction of sp³-hybridized carbons (Fsp3) is 0.176. The largest absolute Gasteiger partial charge is 0.507 e. The molecule has 182 valence electrons. The number of methoxy groups -OCH3 is 2. The van der Waals surface area contributed by atoms with Gasteiger partial charge in [-0.15, -0.1) is 0 Å². The number of phenols is 1. The van der Waals surface area contributed by atoms with Crippen molar-refractivity contribution in [2.45, 2.75) is 24.7 Å². The van der Waals surface area contributed by atoms with Crippen LogP contribution >= 0.6 is 0 Å². The maximum Gasteiger partial charge on any atom is 0.161 e. The van der Waals surface area contributed by atoms with E-state index in [-0.39, 0.29) is 11.2 Å². The zero-order valence-electron chi connectivity index (χ0n) is 21.4. The number of fused-ring (bicyclic) bond motifs is 11. The van der Waals surface area contributed by atoms with Gasteiger partial charge in [0.1, 0.15) is 5.75 Å². The Kier molecular flexibility index (Phi) is 4.39. The van der Waals surface area contributed by atoms with Gasteiger partial charge in [-0.05, 0) is 68.1 Å². The van der Waals surface area contributed by atoms with Crippen molar-refractivity contribution in [1.29, 1.82) is 0 Å². The van der Waals surface area contributed by atoms with E-state index in [1.165, 1.54) is 33.4 Å². The molecule has 5 aromatic carbocycles. The molecule has 37 heavy (non-hydrogen) atoms. The van der Waals surface area contributed by atoms with Gasteiger partial charge in [0.15, 0.2) is 11.5 Å². The second-order valence-electron chi connectivity index (χ2n) is 10.6. The quantitative estimate of drug-likeness (QED) is 0.277. The Labute approximate surface area is 216 Å². The van der Waals surface area contributed by atoms with Crippen LogP contribution in [0.2, 0.25) is 0 Å². The number of hydrogen-bond acceptors (Lipinski definition) is 3. The van der Waals surface area contributed by atoms with Gasteiger partial charge in [0, 0.05) is 10.8 Å². The van der Waals surface area contributed by atoms with Gasteiger partial charge in [0.2, 0.25) is 0 Å². The molecule has 2 aliphatic rings. The molecule has 0 saturated carbocycles. The molecule has 1 N–H and O–H groups in total. The van der Waals surface area contributed by atoms with Gasteiger partial charge < -0.3 is 14.6 Å². The summed E-state index contributed by atoms with van der Waals surface area (Å²) in [4.78, 5) is 0. The van der Waals surface area contributed by atoms with Crippen molar-refractivity contribution in [3.8, 4) is 39.5 Å². The third-order valence-corrected chi connectivity index (χ3v) is 8.78. The molecule has 0 radical (unpaired) electrons. The first kappa shape index (κ1) is 22.0. The van der Waals surface area contributed by atoms with Gasteiger partial charge in [-0.1, -0.05) is 86.6 Å². The van der Waals surface area contributed by atoms with E-state index < -0.39 is 5.41 Å². The predicted octanol–water partition coefficient (Wildman–Crippen LogP) is 7.84. The zero-order chi connectivity index (χ0) is 25.5. The van der Waals surface area contributed by atoms with Crippen LogP contribution in [0, 0.1) is 0 Å². The van der Waals surface area contributed by atoms with E-state index in [2.05, 4.69) is 86.6 Å². The standard InChI is InChI=1S/C34H28O3/c1-33(2)25-14-8-7-13-22(25)32-24-18-31(37-4)30(36-3)17-23(24)29(35)19-28(32)34(33)26-15-9-5-11-20(26)21-12-6-10-16-27(21)34/h5-19,35H,1-4H3. The van der Waals surface area contributed by atoms with E-state index >= 15 is 0 Å². The highest BCUT2D eigenvalue weighted by Gasteiger charge is 2.58. The summed E-state index contributed by atoms with van der Waals surface area (Å²) >= 11 is 0. The average molecular weight is 485 g/mol. The lowest BCUT2D eigenvalue weighted by Gasteiger charge is -2.52. The molecule has 0 saturated heterocycles. The number of aromatic hydroxyl groups is 1. The molecule has 0 atom stereocenters. The number of hydrogen-bond donors (Lipinski definition) is 1. The van der Waals surface area contributed by atoms with Gasteiger partial charge in [-0.2, -0.15) is 0 Å². The van der Waals surface area contributed by atoms with Gasteiger partial charge in [0.05, 0.1) is 19.6 Å². The molecule has 0 amide bonds. The van der Waals surface area contributed by atoms with E-state index in [0.29, 0.717) is 11.5 Å². The summed E-state index contributed by atoms with van der Waals surface area (Å²) in [5, 5.41) is 13.3. The molecule has 3 nitrogen and oxygen atoms in total. The Hall–Kier alpha value is -4.24. The summed E-state index contributed by atoms with van der Waals surface area (Å²) in [6, 6.07) is 32.1. The fourth-order valence-electron chi connectivity index (χ4n) is 7.30. The molecular weight excluding hydrogens is 456 g/mol. The molecule has 1 spiro atoms. The molecule has 0 aliphatic heterocycles. The summed E-state index contributed by atoms with van der Waals surface area (Å²) in [7, 11) is 3.28. The molecule has 0 fully saturated rings. The first-order valence-corrected chi connectivity index (χ1v) is 12.7. The molecular formula is C34H28O3. The van der Waals surface area contributed by atoms with Crippen LogP contribution in [0.4, 0.5) is 0 Å². The minimum absolute atomic E-state index is 0.242. The van der Waals surface area contributed by atoms with E-state index in [4.69, 9.17) is 9.47 Å². The Morgan fingerprint density at radius 3 is 1.62 bits per heavy atom. The summed E-state index contributed by atoms with van der Waals surface area (Å²) in [6.07, 6.45) is 0. The van der Waals surface area contributed by atoms with Crippen molar-refractivity contribution >= 4 is 10.8 Å². The van der Waals surface area contributed by atoms with E-state index in [9.17, 15) is 5.11 Å². The lowest BCUT2D eigenvalue weighted by Crippen LogP contribution is -2.48. The van der Waals surface area contributed by atoms with Crippen LogP contribution in [0.5, 0.6) is 17.2 Å². The molecule has 0 aromatic heterocycles. The highest BCUT2D eigenvalue weighted by atomic mass is 16.5. The monoisotopic (exact) mass is 484 g/mol. The van der Waals surface area contributed by atoms with Crippen molar-refractivity contribution in [1.82, 2.24) is 0 Å². The molecule has 0 heterocycles. The molecule has 5 aromatic rings. The second-order valence-corrected chi connectivity index (χ2v) is 10.6. The zero-order valence-corrected chi connectivity index (χ0v) is 21.4. The topological polar surface area (TPSA) is 38.7 Å². The van der Waals surface area contributed by atoms with E-state index in [0.717, 1.165) is 21.9 Å². The van der Waals surface area contributed by atoms with Crippen LogP contribution in [0.25, 0.3) is 33.0 Å². The number of ether oxygens (including phenoxy) is 2. The Bertz CT molecular complexity index is 1700. The maximum atomic E-state index is 11.6. The smallest absolute Gasteiger partial charge is 0.161 e. The predicted molar refractivity (Wildman–Crippen MR) is 149 cm³/mol. The number of phenolic OH excluding ortho intramolecular Hbond substituents is 1. The Morgan fingerprint density at radius 1 is 0.568 bits per heavy atom.